The van der Waals surface area contributed by atoms with Crippen molar-refractivity contribution in [3.8, 4) is 0 Å². The highest BCUT2D eigenvalue weighted by atomic mass is 16.4. The van der Waals surface area contributed by atoms with Gasteiger partial charge in [-0.05, 0) is 69.6 Å². The Kier molecular flexibility index (Phi) is 4.83. The molecule has 0 spiro atoms. The molecule has 0 bridgehead atoms. The largest absolute Gasteiger partial charge is 0.481 e. The first-order valence-electron chi connectivity index (χ1n) is 8.84. The molecule has 2 rings (SSSR count). The minimum Gasteiger partial charge on any atom is -0.481 e. The third-order valence-corrected chi connectivity index (χ3v) is 6.89. The van der Waals surface area contributed by atoms with E-state index in [1.165, 1.54) is 5.57 Å². The predicted octanol–water partition coefficient (Wildman–Crippen LogP) is 4.57. The number of carboxylic acid groups (broad SMARTS) is 1. The Morgan fingerprint density at radius 1 is 1.43 bits per heavy atom. The fraction of sp³-hybridized carbons (Fsp3) is 0.750. The van der Waals surface area contributed by atoms with Gasteiger partial charge >= 0.3 is 5.97 Å². The van der Waals surface area contributed by atoms with Crippen molar-refractivity contribution in [2.45, 2.75) is 71.3 Å². The van der Waals surface area contributed by atoms with Crippen molar-refractivity contribution in [2.75, 3.05) is 0 Å². The first-order valence-corrected chi connectivity index (χ1v) is 8.84. The van der Waals surface area contributed by atoms with Crippen LogP contribution in [0.3, 0.4) is 0 Å². The van der Waals surface area contributed by atoms with Gasteiger partial charge in [-0.2, -0.15) is 0 Å². The molecule has 2 unspecified atom stereocenters. The second-order valence-electron chi connectivity index (χ2n) is 8.48. The molecule has 0 aliphatic heterocycles. The molecule has 3 nitrogen and oxygen atoms in total. The quantitative estimate of drug-likeness (QED) is 0.730. The van der Waals surface area contributed by atoms with Crippen LogP contribution in [0.25, 0.3) is 0 Å². The Morgan fingerprint density at radius 3 is 2.65 bits per heavy atom. The molecule has 130 valence electrons. The lowest BCUT2D eigenvalue weighted by molar-refractivity contribution is -0.164. The number of aliphatic hydroxyl groups is 1. The van der Waals surface area contributed by atoms with Gasteiger partial charge in [0.1, 0.15) is 0 Å². The maximum Gasteiger partial charge on any atom is 0.309 e. The van der Waals surface area contributed by atoms with Gasteiger partial charge in [-0.25, -0.2) is 0 Å². The molecule has 0 radical (unpaired) electrons. The smallest absolute Gasteiger partial charge is 0.309 e. The van der Waals surface area contributed by atoms with Crippen LogP contribution in [0.15, 0.2) is 24.8 Å². The van der Waals surface area contributed by atoms with Crippen LogP contribution < -0.4 is 0 Å². The van der Waals surface area contributed by atoms with Crippen molar-refractivity contribution in [3.05, 3.63) is 24.8 Å². The fourth-order valence-corrected chi connectivity index (χ4v) is 5.28. The first-order chi connectivity index (χ1) is 10.6. The Hall–Kier alpha value is -1.09. The highest BCUT2D eigenvalue weighted by Crippen LogP contribution is 2.62. The van der Waals surface area contributed by atoms with E-state index in [1.807, 2.05) is 6.92 Å². The van der Waals surface area contributed by atoms with E-state index in [0.717, 1.165) is 38.5 Å². The van der Waals surface area contributed by atoms with Gasteiger partial charge in [0, 0.05) is 0 Å². The number of aliphatic carboxylic acids is 1. The van der Waals surface area contributed by atoms with Gasteiger partial charge in [0.05, 0.1) is 11.0 Å². The average molecular weight is 320 g/mol. The molecular weight excluding hydrogens is 288 g/mol. The molecule has 23 heavy (non-hydrogen) atoms. The molecule has 2 saturated carbocycles. The SMILES string of the molecule is C=CC(C)(O)CC[C@H]1C(=C)CCC2[C@](C)(C(=O)O)CCC[C@@]21C. The third-order valence-electron chi connectivity index (χ3n) is 6.89. The molecule has 0 saturated heterocycles. The van der Waals surface area contributed by atoms with Crippen LogP contribution in [0, 0.1) is 22.7 Å². The number of hydrogen-bond acceptors (Lipinski definition) is 2. The standard InChI is InChI=1S/C20H32O3/c1-6-18(3,23)13-10-15-14(2)8-9-16-19(15,4)11-7-12-20(16,5)17(21)22/h6,15-16,23H,1-2,7-13H2,3-5H3,(H,21,22)/t15-,16?,18?,19+,20+/m0/s1. The van der Waals surface area contributed by atoms with Crippen LogP contribution in [0.5, 0.6) is 0 Å². The summed E-state index contributed by atoms with van der Waals surface area (Å²) in [5, 5.41) is 20.1. The highest BCUT2D eigenvalue weighted by Gasteiger charge is 2.57. The summed E-state index contributed by atoms with van der Waals surface area (Å²) in [5.41, 5.74) is -0.294. The number of fused-ring (bicyclic) bond motifs is 1. The molecule has 0 aromatic heterocycles. The lowest BCUT2D eigenvalue weighted by Gasteiger charge is -2.57. The number of allylic oxidation sites excluding steroid dienone is 1. The minimum absolute atomic E-state index is 0.0298. The zero-order valence-corrected chi connectivity index (χ0v) is 14.9. The summed E-state index contributed by atoms with van der Waals surface area (Å²) in [4.78, 5) is 11.9. The zero-order valence-electron chi connectivity index (χ0n) is 14.9. The van der Waals surface area contributed by atoms with Gasteiger partial charge in [-0.1, -0.05) is 31.6 Å². The summed E-state index contributed by atoms with van der Waals surface area (Å²) < 4.78 is 0. The number of carboxylic acids is 1. The summed E-state index contributed by atoms with van der Waals surface area (Å²) in [6.07, 6.45) is 7.70. The lowest BCUT2D eigenvalue weighted by atomic mass is 9.46. The van der Waals surface area contributed by atoms with Crippen molar-refractivity contribution in [2.24, 2.45) is 22.7 Å². The normalized spacial score (nSPS) is 40.1. The van der Waals surface area contributed by atoms with Crippen LogP contribution in [0.1, 0.15) is 65.7 Å². The number of rotatable bonds is 5. The van der Waals surface area contributed by atoms with E-state index in [9.17, 15) is 15.0 Å². The molecule has 3 heteroatoms. The third kappa shape index (κ3) is 3.13. The van der Waals surface area contributed by atoms with Crippen molar-refractivity contribution >= 4 is 5.97 Å². The average Bonchev–Trinajstić information content (AvgIpc) is 2.46. The van der Waals surface area contributed by atoms with Crippen molar-refractivity contribution < 1.29 is 15.0 Å². The molecule has 2 N–H and O–H groups in total. The monoisotopic (exact) mass is 320 g/mol. The minimum atomic E-state index is -0.867. The Labute approximate surface area is 140 Å². The Balaban J connectivity index is 2.29. The number of carbonyl (C=O) groups is 1. The highest BCUT2D eigenvalue weighted by molar-refractivity contribution is 5.75. The lowest BCUT2D eigenvalue weighted by Crippen LogP contribution is -2.53. The van der Waals surface area contributed by atoms with E-state index in [0.29, 0.717) is 6.42 Å². The van der Waals surface area contributed by atoms with E-state index in [-0.39, 0.29) is 17.3 Å². The fourth-order valence-electron chi connectivity index (χ4n) is 5.28. The summed E-state index contributed by atoms with van der Waals surface area (Å²) in [7, 11) is 0. The van der Waals surface area contributed by atoms with Gasteiger partial charge in [-0.3, -0.25) is 4.79 Å². The zero-order chi connectivity index (χ0) is 17.5. The van der Waals surface area contributed by atoms with E-state index in [2.05, 4.69) is 20.1 Å². The summed E-state index contributed by atoms with van der Waals surface area (Å²) in [5.74, 6) is -0.185. The van der Waals surface area contributed by atoms with Crippen LogP contribution in [0.2, 0.25) is 0 Å². The Morgan fingerprint density at radius 2 is 2.09 bits per heavy atom. The van der Waals surface area contributed by atoms with E-state index in [4.69, 9.17) is 0 Å². The van der Waals surface area contributed by atoms with E-state index >= 15 is 0 Å². The van der Waals surface area contributed by atoms with Crippen molar-refractivity contribution in [3.63, 3.8) is 0 Å². The Bertz CT molecular complexity index is 507. The topological polar surface area (TPSA) is 57.5 Å². The molecule has 2 aliphatic carbocycles. The molecule has 0 aromatic rings. The summed E-state index contributed by atoms with van der Waals surface area (Å²) in [6.45, 7) is 14.0. The number of hydrogen-bond donors (Lipinski definition) is 2. The van der Waals surface area contributed by atoms with Crippen LogP contribution in [0.4, 0.5) is 0 Å². The van der Waals surface area contributed by atoms with Crippen LogP contribution in [-0.4, -0.2) is 21.8 Å². The molecule has 2 fully saturated rings. The molecule has 0 aromatic carbocycles. The van der Waals surface area contributed by atoms with Gasteiger partial charge in [-0.15, -0.1) is 6.58 Å². The summed E-state index contributed by atoms with van der Waals surface area (Å²) in [6, 6.07) is 0. The molecule has 5 atom stereocenters. The second-order valence-corrected chi connectivity index (χ2v) is 8.48. The van der Waals surface area contributed by atoms with Gasteiger partial charge in [0.25, 0.3) is 0 Å². The van der Waals surface area contributed by atoms with Gasteiger partial charge in [0.15, 0.2) is 0 Å². The molecule has 0 heterocycles. The predicted molar refractivity (Wildman–Crippen MR) is 93.1 cm³/mol. The molecular formula is C20H32O3. The van der Waals surface area contributed by atoms with Crippen LogP contribution in [-0.2, 0) is 4.79 Å². The molecule has 2 aliphatic rings. The van der Waals surface area contributed by atoms with Crippen molar-refractivity contribution in [1.29, 1.82) is 0 Å². The summed E-state index contributed by atoms with van der Waals surface area (Å²) >= 11 is 0. The maximum atomic E-state index is 11.9. The van der Waals surface area contributed by atoms with Crippen molar-refractivity contribution in [1.82, 2.24) is 0 Å². The van der Waals surface area contributed by atoms with Gasteiger partial charge < -0.3 is 10.2 Å². The van der Waals surface area contributed by atoms with E-state index < -0.39 is 17.0 Å². The van der Waals surface area contributed by atoms with E-state index in [1.54, 1.807) is 13.0 Å². The van der Waals surface area contributed by atoms with Crippen LogP contribution >= 0.6 is 0 Å². The second kappa shape index (κ2) is 6.08. The maximum absolute atomic E-state index is 11.9. The van der Waals surface area contributed by atoms with Gasteiger partial charge in [0.2, 0.25) is 0 Å². The molecule has 0 amide bonds. The first kappa shape index (κ1) is 18.3.